The van der Waals surface area contributed by atoms with Crippen molar-refractivity contribution in [3.63, 3.8) is 0 Å². The lowest BCUT2D eigenvalue weighted by Crippen LogP contribution is -2.42. The van der Waals surface area contributed by atoms with Gasteiger partial charge in [0.15, 0.2) is 11.5 Å². The van der Waals surface area contributed by atoms with Crippen LogP contribution < -0.4 is 15.8 Å². The Morgan fingerprint density at radius 2 is 1.93 bits per heavy atom. The van der Waals surface area contributed by atoms with Crippen LogP contribution in [-0.4, -0.2) is 68.8 Å². The minimum absolute atomic E-state index is 0.0404. The van der Waals surface area contributed by atoms with Crippen molar-refractivity contribution in [3.8, 4) is 11.3 Å². The molecule has 5 N–H and O–H groups in total. The van der Waals surface area contributed by atoms with Crippen LogP contribution in [0.25, 0.3) is 16.9 Å². The number of nitrogens with one attached hydrogen (secondary N) is 2. The maximum atomic E-state index is 13.4. The molecule has 3 heterocycles. The first-order valence-electron chi connectivity index (χ1n) is 13.9. The van der Waals surface area contributed by atoms with E-state index in [-0.39, 0.29) is 40.7 Å². The Morgan fingerprint density at radius 3 is 2.59 bits per heavy atom. The molecule has 0 bridgehead atoms. The lowest BCUT2D eigenvalue weighted by atomic mass is 9.83. The molecule has 218 valence electrons. The van der Waals surface area contributed by atoms with Gasteiger partial charge in [-0.05, 0) is 82.1 Å². The van der Waals surface area contributed by atoms with Gasteiger partial charge in [0, 0.05) is 30.4 Å². The van der Waals surface area contributed by atoms with Crippen LogP contribution in [0.4, 0.5) is 11.5 Å². The van der Waals surface area contributed by atoms with Crippen LogP contribution in [0.2, 0.25) is 0 Å². The van der Waals surface area contributed by atoms with Crippen molar-refractivity contribution in [1.29, 1.82) is 0 Å². The number of carbonyl (C=O) groups is 2. The molecule has 12 nitrogen and oxygen atoms in total. The SMILES string of the molecule is CC(C1CC1)N1Cc2cc(-c3ccn4nc(N)c(C(=O)NC5CCC(C)(O)CC5)c4n3)cc(NS(C)(=O)=O)c2C1=O. The van der Waals surface area contributed by atoms with Crippen LogP contribution in [0.15, 0.2) is 24.4 Å². The Balaban J connectivity index is 1.36. The summed E-state index contributed by atoms with van der Waals surface area (Å²) in [5.41, 5.74) is 8.18. The zero-order chi connectivity index (χ0) is 29.3. The van der Waals surface area contributed by atoms with Gasteiger partial charge >= 0.3 is 0 Å². The lowest BCUT2D eigenvalue weighted by Gasteiger charge is -2.33. The van der Waals surface area contributed by atoms with E-state index in [4.69, 9.17) is 10.7 Å². The molecule has 2 amide bonds. The van der Waals surface area contributed by atoms with Gasteiger partial charge in [-0.25, -0.2) is 17.9 Å². The number of nitrogens with zero attached hydrogens (tertiary/aromatic N) is 4. The minimum Gasteiger partial charge on any atom is -0.390 e. The number of fused-ring (bicyclic) bond motifs is 2. The van der Waals surface area contributed by atoms with Gasteiger partial charge in [0.25, 0.3) is 11.8 Å². The maximum Gasteiger partial charge on any atom is 0.259 e. The first-order valence-corrected chi connectivity index (χ1v) is 15.8. The van der Waals surface area contributed by atoms with E-state index < -0.39 is 21.5 Å². The first kappa shape index (κ1) is 27.5. The van der Waals surface area contributed by atoms with Crippen molar-refractivity contribution in [2.75, 3.05) is 16.7 Å². The number of hydrogen-bond donors (Lipinski definition) is 4. The zero-order valence-electron chi connectivity index (χ0n) is 23.3. The van der Waals surface area contributed by atoms with Gasteiger partial charge in [0.05, 0.1) is 28.8 Å². The molecule has 13 heteroatoms. The molecule has 41 heavy (non-hydrogen) atoms. The van der Waals surface area contributed by atoms with Crippen molar-refractivity contribution in [2.24, 2.45) is 5.92 Å². The lowest BCUT2D eigenvalue weighted by molar-refractivity contribution is 0.0140. The Morgan fingerprint density at radius 1 is 1.22 bits per heavy atom. The number of amides is 2. The molecule has 1 unspecified atom stereocenters. The molecule has 1 aliphatic heterocycles. The van der Waals surface area contributed by atoms with Gasteiger partial charge in [-0.2, -0.15) is 0 Å². The summed E-state index contributed by atoms with van der Waals surface area (Å²) in [7, 11) is -3.67. The third-order valence-corrected chi connectivity index (χ3v) is 9.15. The normalized spacial score (nSPS) is 23.5. The number of aromatic nitrogens is 3. The summed E-state index contributed by atoms with van der Waals surface area (Å²) in [6, 6.07) is 5.13. The molecule has 0 saturated heterocycles. The molecule has 0 radical (unpaired) electrons. The van der Waals surface area contributed by atoms with E-state index in [9.17, 15) is 23.1 Å². The average Bonchev–Trinajstić information content (AvgIpc) is 3.61. The second-order valence-corrected chi connectivity index (χ2v) is 13.8. The molecule has 2 aliphatic carbocycles. The molecule has 6 rings (SSSR count). The van der Waals surface area contributed by atoms with Crippen molar-refractivity contribution in [3.05, 3.63) is 41.1 Å². The standard InChI is InChI=1S/C28H35N7O5S/c1-15(16-4-5-16)34-14-18-12-17(13-21(22(18)27(34)37)33-41(3,39)40)20-8-11-35-25(31-20)23(24(29)32-35)26(36)30-19-6-9-28(2,38)10-7-19/h8,11-13,15-16,19,33,38H,4-7,9-10,14H2,1-3H3,(H2,29,32)(H,30,36). The summed E-state index contributed by atoms with van der Waals surface area (Å²) in [5.74, 6) is -0.0786. The van der Waals surface area contributed by atoms with Crippen LogP contribution in [0, 0.1) is 5.92 Å². The number of nitrogen functional groups attached to an aromatic ring is 1. The number of aliphatic hydroxyl groups is 1. The number of hydrogen-bond acceptors (Lipinski definition) is 8. The summed E-state index contributed by atoms with van der Waals surface area (Å²) in [6.07, 6.45) is 7.33. The highest BCUT2D eigenvalue weighted by atomic mass is 32.2. The fourth-order valence-corrected chi connectivity index (χ4v) is 6.60. The number of rotatable bonds is 7. The van der Waals surface area contributed by atoms with E-state index in [2.05, 4.69) is 15.1 Å². The Labute approximate surface area is 238 Å². The molecule has 1 atom stereocenters. The number of sulfonamides is 1. The smallest absolute Gasteiger partial charge is 0.259 e. The monoisotopic (exact) mass is 581 g/mol. The van der Waals surface area contributed by atoms with E-state index in [0.717, 1.165) is 19.1 Å². The fourth-order valence-electron chi connectivity index (χ4n) is 6.03. The van der Waals surface area contributed by atoms with E-state index >= 15 is 0 Å². The summed E-state index contributed by atoms with van der Waals surface area (Å²) in [4.78, 5) is 33.3. The molecule has 0 spiro atoms. The Bertz CT molecular complexity index is 1670. The van der Waals surface area contributed by atoms with Crippen LogP contribution in [0.3, 0.4) is 0 Å². The van der Waals surface area contributed by atoms with Crippen molar-refractivity contribution in [1.82, 2.24) is 24.8 Å². The minimum atomic E-state index is -3.67. The number of carbonyl (C=O) groups excluding carboxylic acids is 2. The van der Waals surface area contributed by atoms with Crippen LogP contribution in [0.5, 0.6) is 0 Å². The average molecular weight is 582 g/mol. The third kappa shape index (κ3) is 5.35. The number of nitrogens with two attached hydrogens (primary N) is 1. The predicted molar refractivity (Wildman–Crippen MR) is 154 cm³/mol. The maximum absolute atomic E-state index is 13.4. The highest BCUT2D eigenvalue weighted by molar-refractivity contribution is 7.92. The molecular weight excluding hydrogens is 546 g/mol. The molecule has 3 aromatic rings. The Hall–Kier alpha value is -3.71. The van der Waals surface area contributed by atoms with Gasteiger partial charge in [-0.15, -0.1) is 5.10 Å². The predicted octanol–water partition coefficient (Wildman–Crippen LogP) is 2.53. The molecule has 3 aliphatic rings. The molecular formula is C28H35N7O5S. The summed E-state index contributed by atoms with van der Waals surface area (Å²) >= 11 is 0. The largest absolute Gasteiger partial charge is 0.390 e. The zero-order valence-corrected chi connectivity index (χ0v) is 24.2. The summed E-state index contributed by atoms with van der Waals surface area (Å²) in [5, 5.41) is 17.5. The second-order valence-electron chi connectivity index (χ2n) is 12.0. The van der Waals surface area contributed by atoms with Crippen LogP contribution >= 0.6 is 0 Å². The van der Waals surface area contributed by atoms with Crippen molar-refractivity contribution < 1.29 is 23.1 Å². The fraction of sp³-hybridized carbons (Fsp3) is 0.500. The van der Waals surface area contributed by atoms with E-state index in [1.165, 1.54) is 4.52 Å². The quantitative estimate of drug-likeness (QED) is 0.330. The second kappa shape index (κ2) is 9.69. The Kier molecular flexibility index (Phi) is 6.49. The van der Waals surface area contributed by atoms with Gasteiger partial charge < -0.3 is 21.1 Å². The molecule has 2 saturated carbocycles. The van der Waals surface area contributed by atoms with Crippen molar-refractivity contribution >= 4 is 39.0 Å². The number of anilines is 2. The van der Waals surface area contributed by atoms with E-state index in [0.29, 0.717) is 60.5 Å². The third-order valence-electron chi connectivity index (χ3n) is 8.56. The van der Waals surface area contributed by atoms with Crippen LogP contribution in [0.1, 0.15) is 78.7 Å². The summed E-state index contributed by atoms with van der Waals surface area (Å²) < 4.78 is 28.5. The van der Waals surface area contributed by atoms with Gasteiger partial charge in [-0.1, -0.05) is 0 Å². The molecule has 2 aromatic heterocycles. The van der Waals surface area contributed by atoms with Gasteiger partial charge in [-0.3, -0.25) is 14.3 Å². The van der Waals surface area contributed by atoms with E-state index in [1.54, 1.807) is 30.2 Å². The topological polar surface area (TPSA) is 172 Å². The van der Waals surface area contributed by atoms with Gasteiger partial charge in [0.1, 0.15) is 5.56 Å². The molecule has 1 aromatic carbocycles. The highest BCUT2D eigenvalue weighted by Gasteiger charge is 2.40. The highest BCUT2D eigenvalue weighted by Crippen LogP contribution is 2.41. The van der Waals surface area contributed by atoms with Crippen LogP contribution in [-0.2, 0) is 16.6 Å². The van der Waals surface area contributed by atoms with Crippen molar-refractivity contribution in [2.45, 2.75) is 76.6 Å². The number of benzene rings is 1. The summed E-state index contributed by atoms with van der Waals surface area (Å²) in [6.45, 7) is 4.21. The molecule has 2 fully saturated rings. The first-order chi connectivity index (χ1) is 19.3. The van der Waals surface area contributed by atoms with E-state index in [1.807, 2.05) is 13.0 Å². The van der Waals surface area contributed by atoms with Gasteiger partial charge in [0.2, 0.25) is 10.0 Å².